The van der Waals surface area contributed by atoms with Crippen LogP contribution in [0, 0.1) is 0 Å². The molecular weight excluding hydrogens is 296 g/mol. The average Bonchev–Trinajstić information content (AvgIpc) is 2.40. The van der Waals surface area contributed by atoms with E-state index in [0.29, 0.717) is 13.1 Å². The molecule has 3 N–H and O–H groups in total. The summed E-state index contributed by atoms with van der Waals surface area (Å²) in [5.41, 5.74) is 2.00. The molecule has 0 aromatic heterocycles. The van der Waals surface area contributed by atoms with E-state index < -0.39 is 10.0 Å². The maximum Gasteiger partial charge on any atom is 0.238 e. The summed E-state index contributed by atoms with van der Waals surface area (Å²) in [6, 6.07) is 14.1. The van der Waals surface area contributed by atoms with Crippen molar-refractivity contribution in [2.24, 2.45) is 5.14 Å². The van der Waals surface area contributed by atoms with E-state index in [4.69, 9.17) is 16.7 Å². The summed E-state index contributed by atoms with van der Waals surface area (Å²) < 4.78 is 22.3. The van der Waals surface area contributed by atoms with Gasteiger partial charge in [0.05, 0.1) is 4.90 Å². The lowest BCUT2D eigenvalue weighted by molar-refractivity contribution is 0.597. The van der Waals surface area contributed by atoms with Gasteiger partial charge in [-0.1, -0.05) is 41.9 Å². The normalized spacial score (nSPS) is 11.5. The van der Waals surface area contributed by atoms with Crippen molar-refractivity contribution < 1.29 is 8.42 Å². The lowest BCUT2D eigenvalue weighted by atomic mass is 10.2. The number of hydrogen-bond acceptors (Lipinski definition) is 3. The average molecular weight is 311 g/mol. The second kappa shape index (κ2) is 6.37. The highest BCUT2D eigenvalue weighted by Gasteiger charge is 2.06. The molecule has 0 bridgehead atoms. The van der Waals surface area contributed by atoms with Crippen molar-refractivity contribution in [2.45, 2.75) is 18.0 Å². The number of benzene rings is 2. The summed E-state index contributed by atoms with van der Waals surface area (Å²) in [6.45, 7) is 1.27. The molecule has 0 spiro atoms. The maximum atomic E-state index is 11.1. The van der Waals surface area contributed by atoms with Crippen LogP contribution < -0.4 is 10.5 Å². The second-order valence-electron chi connectivity index (χ2n) is 4.38. The molecule has 0 heterocycles. The van der Waals surface area contributed by atoms with Gasteiger partial charge in [0.25, 0.3) is 0 Å². The van der Waals surface area contributed by atoms with Gasteiger partial charge in [-0.05, 0) is 29.3 Å². The van der Waals surface area contributed by atoms with E-state index in [9.17, 15) is 8.42 Å². The van der Waals surface area contributed by atoms with Crippen molar-refractivity contribution in [1.29, 1.82) is 0 Å². The molecule has 0 radical (unpaired) electrons. The highest BCUT2D eigenvalue weighted by molar-refractivity contribution is 7.89. The standard InChI is InChI=1S/C14H15ClN2O2S/c15-14-4-2-1-3-12(14)10-17-9-11-5-7-13(8-6-11)20(16,18)19/h1-8,17H,9-10H2,(H2,16,18,19). The van der Waals surface area contributed by atoms with Crippen molar-refractivity contribution >= 4 is 21.6 Å². The van der Waals surface area contributed by atoms with Crippen LogP contribution in [0.4, 0.5) is 0 Å². The molecule has 0 saturated heterocycles. The molecule has 0 aliphatic rings. The van der Waals surface area contributed by atoms with Gasteiger partial charge < -0.3 is 5.32 Å². The Morgan fingerprint density at radius 2 is 1.65 bits per heavy atom. The zero-order chi connectivity index (χ0) is 14.6. The van der Waals surface area contributed by atoms with Crippen LogP contribution in [-0.2, 0) is 23.1 Å². The van der Waals surface area contributed by atoms with Crippen LogP contribution in [0.2, 0.25) is 5.02 Å². The molecule has 0 amide bonds. The smallest absolute Gasteiger partial charge is 0.238 e. The predicted molar refractivity (Wildman–Crippen MR) is 79.8 cm³/mol. The van der Waals surface area contributed by atoms with Crippen LogP contribution in [-0.4, -0.2) is 8.42 Å². The van der Waals surface area contributed by atoms with Gasteiger partial charge in [0.1, 0.15) is 0 Å². The molecule has 2 aromatic rings. The van der Waals surface area contributed by atoms with Crippen molar-refractivity contribution in [3.05, 3.63) is 64.7 Å². The molecule has 0 aliphatic carbocycles. The third-order valence-corrected chi connectivity index (χ3v) is 4.15. The van der Waals surface area contributed by atoms with Gasteiger partial charge in [-0.25, -0.2) is 13.6 Å². The summed E-state index contributed by atoms with van der Waals surface area (Å²) in [6.07, 6.45) is 0. The van der Waals surface area contributed by atoms with Crippen molar-refractivity contribution in [1.82, 2.24) is 5.32 Å². The quantitative estimate of drug-likeness (QED) is 0.890. The Hall–Kier alpha value is -1.40. The van der Waals surface area contributed by atoms with Crippen LogP contribution in [0.5, 0.6) is 0 Å². The summed E-state index contributed by atoms with van der Waals surface area (Å²) in [5.74, 6) is 0. The number of rotatable bonds is 5. The Kier molecular flexibility index (Phi) is 4.77. The number of hydrogen-bond donors (Lipinski definition) is 2. The first-order chi connectivity index (χ1) is 9.47. The SMILES string of the molecule is NS(=O)(=O)c1ccc(CNCc2ccccc2Cl)cc1. The number of halogens is 1. The fraction of sp³-hybridized carbons (Fsp3) is 0.143. The molecule has 0 saturated carbocycles. The van der Waals surface area contributed by atoms with Gasteiger partial charge in [-0.3, -0.25) is 0 Å². The third-order valence-electron chi connectivity index (χ3n) is 2.85. The van der Waals surface area contributed by atoms with E-state index >= 15 is 0 Å². The second-order valence-corrected chi connectivity index (χ2v) is 6.35. The Morgan fingerprint density at radius 3 is 2.25 bits per heavy atom. The van der Waals surface area contributed by atoms with Crippen LogP contribution >= 0.6 is 11.6 Å². The summed E-state index contributed by atoms with van der Waals surface area (Å²) in [5, 5.41) is 9.02. The molecule has 0 atom stereocenters. The van der Waals surface area contributed by atoms with Gasteiger partial charge in [0.15, 0.2) is 0 Å². The molecule has 0 aliphatic heterocycles. The topological polar surface area (TPSA) is 72.2 Å². The largest absolute Gasteiger partial charge is 0.309 e. The first-order valence-corrected chi connectivity index (χ1v) is 7.95. The Balaban J connectivity index is 1.94. The Labute approximate surface area is 123 Å². The molecule has 6 heteroatoms. The van der Waals surface area contributed by atoms with Gasteiger partial charge >= 0.3 is 0 Å². The molecule has 0 unspecified atom stereocenters. The van der Waals surface area contributed by atoms with E-state index in [1.54, 1.807) is 12.1 Å². The minimum absolute atomic E-state index is 0.118. The first-order valence-electron chi connectivity index (χ1n) is 6.03. The van der Waals surface area contributed by atoms with E-state index in [1.807, 2.05) is 24.3 Å². The summed E-state index contributed by atoms with van der Waals surface area (Å²) >= 11 is 6.06. The van der Waals surface area contributed by atoms with Gasteiger partial charge in [0.2, 0.25) is 10.0 Å². The van der Waals surface area contributed by atoms with E-state index in [1.165, 1.54) is 12.1 Å². The van der Waals surface area contributed by atoms with Crippen molar-refractivity contribution in [3.8, 4) is 0 Å². The minimum atomic E-state index is -3.63. The van der Waals surface area contributed by atoms with Gasteiger partial charge in [0, 0.05) is 18.1 Å². The lowest BCUT2D eigenvalue weighted by Crippen LogP contribution is -2.14. The maximum absolute atomic E-state index is 11.1. The fourth-order valence-electron chi connectivity index (χ4n) is 1.78. The predicted octanol–water partition coefficient (Wildman–Crippen LogP) is 2.28. The molecule has 2 rings (SSSR count). The van der Waals surface area contributed by atoms with Gasteiger partial charge in [-0.2, -0.15) is 0 Å². The molecule has 0 fully saturated rings. The van der Waals surface area contributed by atoms with E-state index in [-0.39, 0.29) is 4.90 Å². The number of primary sulfonamides is 1. The highest BCUT2D eigenvalue weighted by Crippen LogP contribution is 2.14. The third kappa shape index (κ3) is 4.05. The minimum Gasteiger partial charge on any atom is -0.309 e. The molecule has 106 valence electrons. The van der Waals surface area contributed by atoms with Crippen molar-refractivity contribution in [3.63, 3.8) is 0 Å². The van der Waals surface area contributed by atoms with Crippen LogP contribution in [0.1, 0.15) is 11.1 Å². The zero-order valence-corrected chi connectivity index (χ0v) is 12.3. The molecule has 20 heavy (non-hydrogen) atoms. The van der Waals surface area contributed by atoms with Crippen molar-refractivity contribution in [2.75, 3.05) is 0 Å². The van der Waals surface area contributed by atoms with E-state index in [2.05, 4.69) is 5.32 Å². The summed E-state index contributed by atoms with van der Waals surface area (Å²) in [7, 11) is -3.63. The lowest BCUT2D eigenvalue weighted by Gasteiger charge is -2.07. The highest BCUT2D eigenvalue weighted by atomic mass is 35.5. The number of nitrogens with two attached hydrogens (primary N) is 1. The van der Waals surface area contributed by atoms with E-state index in [0.717, 1.165) is 16.1 Å². The zero-order valence-electron chi connectivity index (χ0n) is 10.7. The van der Waals surface area contributed by atoms with Gasteiger partial charge in [-0.15, -0.1) is 0 Å². The Morgan fingerprint density at radius 1 is 1.00 bits per heavy atom. The summed E-state index contributed by atoms with van der Waals surface area (Å²) in [4.78, 5) is 0.118. The molecular formula is C14H15ClN2O2S. The number of sulfonamides is 1. The Bertz CT molecular complexity index is 685. The fourth-order valence-corrected chi connectivity index (χ4v) is 2.50. The number of nitrogens with one attached hydrogen (secondary N) is 1. The van der Waals surface area contributed by atoms with Crippen LogP contribution in [0.15, 0.2) is 53.4 Å². The van der Waals surface area contributed by atoms with Crippen LogP contribution in [0.25, 0.3) is 0 Å². The monoisotopic (exact) mass is 310 g/mol. The first kappa shape index (κ1) is 15.0. The molecule has 2 aromatic carbocycles. The molecule has 4 nitrogen and oxygen atoms in total. The van der Waals surface area contributed by atoms with Crippen LogP contribution in [0.3, 0.4) is 0 Å².